The first-order valence-corrected chi connectivity index (χ1v) is 4.17. The third kappa shape index (κ3) is 1.66. The van der Waals surface area contributed by atoms with E-state index in [2.05, 4.69) is 9.84 Å². The highest BCUT2D eigenvalue weighted by Crippen LogP contribution is 2.17. The summed E-state index contributed by atoms with van der Waals surface area (Å²) in [5.41, 5.74) is 0.918. The molecule has 0 spiro atoms. The lowest BCUT2D eigenvalue weighted by molar-refractivity contribution is -0.108. The molecule has 0 radical (unpaired) electrons. The van der Waals surface area contributed by atoms with Crippen molar-refractivity contribution in [3.05, 3.63) is 17.5 Å². The molecule has 0 saturated heterocycles. The Balaban J connectivity index is 3.18. The topological polar surface area (TPSA) is 61.2 Å². The van der Waals surface area contributed by atoms with Gasteiger partial charge in [-0.25, -0.2) is 4.79 Å². The summed E-state index contributed by atoms with van der Waals surface area (Å²) in [5, 5.41) is 3.91. The van der Waals surface area contributed by atoms with E-state index in [-0.39, 0.29) is 5.92 Å². The third-order valence-corrected chi connectivity index (χ3v) is 2.03. The van der Waals surface area contributed by atoms with Crippen LogP contribution in [0.5, 0.6) is 0 Å². The van der Waals surface area contributed by atoms with Crippen LogP contribution in [0.3, 0.4) is 0 Å². The van der Waals surface area contributed by atoms with Gasteiger partial charge in [0.25, 0.3) is 0 Å². The summed E-state index contributed by atoms with van der Waals surface area (Å²) in [7, 11) is 2.98. The van der Waals surface area contributed by atoms with Crippen LogP contribution in [-0.4, -0.2) is 29.1 Å². The number of ether oxygens (including phenoxy) is 1. The zero-order valence-electron chi connectivity index (χ0n) is 8.35. The van der Waals surface area contributed by atoms with Crippen LogP contribution in [0.25, 0.3) is 0 Å². The number of esters is 1. The van der Waals surface area contributed by atoms with Gasteiger partial charge in [-0.1, -0.05) is 6.92 Å². The van der Waals surface area contributed by atoms with E-state index < -0.39 is 5.97 Å². The van der Waals surface area contributed by atoms with Crippen LogP contribution >= 0.6 is 0 Å². The van der Waals surface area contributed by atoms with Crippen LogP contribution in [0.1, 0.15) is 28.9 Å². The minimum Gasteiger partial charge on any atom is -0.465 e. The van der Waals surface area contributed by atoms with Crippen molar-refractivity contribution in [3.63, 3.8) is 0 Å². The molecule has 0 aromatic carbocycles. The predicted molar refractivity (Wildman–Crippen MR) is 49.0 cm³/mol. The highest BCUT2D eigenvalue weighted by atomic mass is 16.5. The Bertz CT molecular complexity index is 357. The number of carbonyl (C=O) groups is 2. The smallest absolute Gasteiger partial charge is 0.341 e. The van der Waals surface area contributed by atoms with Gasteiger partial charge in [-0.15, -0.1) is 0 Å². The molecule has 1 heterocycles. The highest BCUT2D eigenvalue weighted by Gasteiger charge is 2.20. The van der Waals surface area contributed by atoms with E-state index in [9.17, 15) is 9.59 Å². The Morgan fingerprint density at radius 3 is 2.86 bits per heavy atom. The van der Waals surface area contributed by atoms with Gasteiger partial charge < -0.3 is 9.53 Å². The van der Waals surface area contributed by atoms with E-state index >= 15 is 0 Å². The van der Waals surface area contributed by atoms with Crippen molar-refractivity contribution in [3.8, 4) is 0 Å². The van der Waals surface area contributed by atoms with Crippen LogP contribution < -0.4 is 0 Å². The fourth-order valence-electron chi connectivity index (χ4n) is 1.32. The molecule has 0 saturated carbocycles. The van der Waals surface area contributed by atoms with E-state index in [1.807, 2.05) is 0 Å². The number of methoxy groups -OCH3 is 1. The minimum absolute atomic E-state index is 0.342. The Kier molecular flexibility index (Phi) is 3.01. The molecule has 0 amide bonds. The predicted octanol–water partition coefficient (Wildman–Crippen LogP) is 0.509. The highest BCUT2D eigenvalue weighted by molar-refractivity contribution is 5.91. The van der Waals surface area contributed by atoms with Gasteiger partial charge in [0.1, 0.15) is 11.8 Å². The number of aryl methyl sites for hydroxylation is 1. The average Bonchev–Trinajstić information content (AvgIpc) is 2.58. The lowest BCUT2D eigenvalue weighted by Gasteiger charge is -2.06. The molecular formula is C9H12N2O3. The Labute approximate surface area is 81.7 Å². The minimum atomic E-state index is -0.471. The molecule has 0 aliphatic rings. The molecule has 5 nitrogen and oxygen atoms in total. The van der Waals surface area contributed by atoms with Crippen molar-refractivity contribution >= 4 is 12.3 Å². The van der Waals surface area contributed by atoms with Crippen LogP contribution in [0, 0.1) is 0 Å². The summed E-state index contributed by atoms with van der Waals surface area (Å²) >= 11 is 0. The molecule has 76 valence electrons. The normalized spacial score (nSPS) is 12.2. The Morgan fingerprint density at radius 2 is 2.36 bits per heavy atom. The lowest BCUT2D eigenvalue weighted by Crippen LogP contribution is -2.10. The van der Waals surface area contributed by atoms with E-state index in [0.29, 0.717) is 11.3 Å². The molecule has 0 fully saturated rings. The fourth-order valence-corrected chi connectivity index (χ4v) is 1.32. The number of hydrogen-bond donors (Lipinski definition) is 0. The number of aldehydes is 1. The summed E-state index contributed by atoms with van der Waals surface area (Å²) in [6, 6.07) is 0. The van der Waals surface area contributed by atoms with Crippen molar-refractivity contribution in [2.75, 3.05) is 7.11 Å². The molecule has 0 aliphatic carbocycles. The molecule has 5 heteroatoms. The van der Waals surface area contributed by atoms with E-state index in [0.717, 1.165) is 6.29 Å². The van der Waals surface area contributed by atoms with Crippen molar-refractivity contribution in [1.82, 2.24) is 9.78 Å². The first-order chi connectivity index (χ1) is 6.61. The molecule has 1 rings (SSSR count). The number of rotatable bonds is 3. The van der Waals surface area contributed by atoms with E-state index in [4.69, 9.17) is 0 Å². The third-order valence-electron chi connectivity index (χ3n) is 2.03. The van der Waals surface area contributed by atoms with Crippen molar-refractivity contribution in [2.24, 2.45) is 7.05 Å². The summed E-state index contributed by atoms with van der Waals surface area (Å²) in [4.78, 5) is 21.9. The maximum absolute atomic E-state index is 11.3. The van der Waals surface area contributed by atoms with Gasteiger partial charge >= 0.3 is 5.97 Å². The molecule has 1 aromatic rings. The Hall–Kier alpha value is -1.65. The second-order valence-corrected chi connectivity index (χ2v) is 2.98. The summed E-state index contributed by atoms with van der Waals surface area (Å²) in [5.74, 6) is -0.835. The molecule has 1 unspecified atom stereocenters. The van der Waals surface area contributed by atoms with Crippen LogP contribution in [0.4, 0.5) is 0 Å². The van der Waals surface area contributed by atoms with Crippen LogP contribution in [0.2, 0.25) is 0 Å². The summed E-state index contributed by atoms with van der Waals surface area (Å²) in [6.45, 7) is 1.70. The fraction of sp³-hybridized carbons (Fsp3) is 0.444. The average molecular weight is 196 g/mol. The van der Waals surface area contributed by atoms with Gasteiger partial charge in [0, 0.05) is 7.05 Å². The van der Waals surface area contributed by atoms with Gasteiger partial charge in [-0.05, 0) is 0 Å². The number of hydrogen-bond acceptors (Lipinski definition) is 4. The zero-order chi connectivity index (χ0) is 10.7. The van der Waals surface area contributed by atoms with Crippen molar-refractivity contribution in [1.29, 1.82) is 0 Å². The molecular weight excluding hydrogens is 184 g/mol. The number of aromatic nitrogens is 2. The van der Waals surface area contributed by atoms with E-state index in [1.54, 1.807) is 14.0 Å². The first kappa shape index (κ1) is 10.4. The van der Waals surface area contributed by atoms with Crippen molar-refractivity contribution < 1.29 is 14.3 Å². The van der Waals surface area contributed by atoms with Crippen molar-refractivity contribution in [2.45, 2.75) is 12.8 Å². The Morgan fingerprint density at radius 1 is 1.71 bits per heavy atom. The van der Waals surface area contributed by atoms with Crippen LogP contribution in [0.15, 0.2) is 6.20 Å². The SMILES string of the molecule is COC(=O)c1cnn(C)c1C(C)C=O. The zero-order valence-corrected chi connectivity index (χ0v) is 8.35. The molecule has 0 N–H and O–H groups in total. The molecule has 0 bridgehead atoms. The number of carbonyl (C=O) groups excluding carboxylic acids is 2. The van der Waals surface area contributed by atoms with Gasteiger partial charge in [0.2, 0.25) is 0 Å². The maximum atomic E-state index is 11.3. The van der Waals surface area contributed by atoms with Gasteiger partial charge in [0.05, 0.1) is 24.9 Å². The molecule has 0 aliphatic heterocycles. The van der Waals surface area contributed by atoms with Crippen LogP contribution in [-0.2, 0) is 16.6 Å². The summed E-state index contributed by atoms with van der Waals surface area (Å²) < 4.78 is 6.08. The molecule has 1 aromatic heterocycles. The maximum Gasteiger partial charge on any atom is 0.341 e. The van der Waals surface area contributed by atoms with Gasteiger partial charge in [0.15, 0.2) is 0 Å². The quantitative estimate of drug-likeness (QED) is 0.522. The van der Waals surface area contributed by atoms with Gasteiger partial charge in [-0.3, -0.25) is 4.68 Å². The number of nitrogens with zero attached hydrogens (tertiary/aromatic N) is 2. The second kappa shape index (κ2) is 4.04. The lowest BCUT2D eigenvalue weighted by atomic mass is 10.1. The molecule has 1 atom stereocenters. The summed E-state index contributed by atoms with van der Waals surface area (Å²) in [6.07, 6.45) is 2.17. The molecule has 14 heavy (non-hydrogen) atoms. The van der Waals surface area contributed by atoms with E-state index in [1.165, 1.54) is 18.0 Å². The second-order valence-electron chi connectivity index (χ2n) is 2.98. The monoisotopic (exact) mass is 196 g/mol. The van der Waals surface area contributed by atoms with Gasteiger partial charge in [-0.2, -0.15) is 5.10 Å². The first-order valence-electron chi connectivity index (χ1n) is 4.17. The standard InChI is InChI=1S/C9H12N2O3/c1-6(5-12)8-7(9(13)14-3)4-10-11(8)2/h4-6H,1-3H3. The largest absolute Gasteiger partial charge is 0.465 e.